The molecule has 8 heteroatoms. The van der Waals surface area contributed by atoms with Gasteiger partial charge in [-0.2, -0.15) is 0 Å². The molecule has 4 rings (SSSR count). The summed E-state index contributed by atoms with van der Waals surface area (Å²) in [6.45, 7) is 3.30. The number of pyridine rings is 1. The van der Waals surface area contributed by atoms with Crippen LogP contribution in [0.2, 0.25) is 0 Å². The molecule has 186 valence electrons. The first-order valence-corrected chi connectivity index (χ1v) is 11.7. The standard InChI is InChI=1S/C28H26F3N3O2/c1-18-14-20(3-2-19-10-12-34(17-19)13-11-29)15-25(32-18)28(36)33-27(21-4-6-22(30)7-5-21)24-16-23(31)8-9-26(24)35/h4-9,14-16,19,27,35H,10-13,17H2,1H3,(H,33,36)/t19-,27?/m0/s1. The maximum absolute atomic E-state index is 14.0. The van der Waals surface area contributed by atoms with E-state index in [-0.39, 0.29) is 29.6 Å². The molecule has 5 nitrogen and oxygen atoms in total. The molecule has 1 aliphatic rings. The highest BCUT2D eigenvalue weighted by molar-refractivity contribution is 5.93. The van der Waals surface area contributed by atoms with Crippen LogP contribution in [-0.4, -0.2) is 47.2 Å². The minimum absolute atomic E-state index is 0.104. The van der Waals surface area contributed by atoms with Gasteiger partial charge in [-0.25, -0.2) is 18.2 Å². The van der Waals surface area contributed by atoms with E-state index in [1.165, 1.54) is 30.3 Å². The van der Waals surface area contributed by atoms with Crippen LogP contribution in [0.1, 0.15) is 45.3 Å². The van der Waals surface area contributed by atoms with Crippen LogP contribution in [0.25, 0.3) is 0 Å². The third-order valence-corrected chi connectivity index (χ3v) is 6.06. The van der Waals surface area contributed by atoms with Gasteiger partial charge in [-0.3, -0.25) is 9.69 Å². The Labute approximate surface area is 208 Å². The van der Waals surface area contributed by atoms with E-state index >= 15 is 0 Å². The first-order chi connectivity index (χ1) is 17.3. The van der Waals surface area contributed by atoms with E-state index in [0.717, 1.165) is 25.1 Å². The van der Waals surface area contributed by atoms with Crippen molar-refractivity contribution in [1.29, 1.82) is 0 Å². The minimum Gasteiger partial charge on any atom is -0.508 e. The van der Waals surface area contributed by atoms with Crippen LogP contribution in [0.5, 0.6) is 5.75 Å². The molecule has 36 heavy (non-hydrogen) atoms. The fraction of sp³-hybridized carbons (Fsp3) is 0.286. The fourth-order valence-electron chi connectivity index (χ4n) is 4.27. The van der Waals surface area contributed by atoms with Crippen LogP contribution in [0.3, 0.4) is 0 Å². The number of nitrogens with one attached hydrogen (secondary N) is 1. The van der Waals surface area contributed by atoms with Crippen molar-refractivity contribution in [3.8, 4) is 17.6 Å². The number of halogens is 3. The number of alkyl halides is 1. The molecule has 0 saturated carbocycles. The second-order valence-corrected chi connectivity index (χ2v) is 8.79. The number of carbonyl (C=O) groups is 1. The second kappa shape index (κ2) is 11.3. The molecule has 2 heterocycles. The molecule has 0 spiro atoms. The van der Waals surface area contributed by atoms with Crippen molar-refractivity contribution < 1.29 is 23.1 Å². The highest BCUT2D eigenvalue weighted by Gasteiger charge is 2.23. The lowest BCUT2D eigenvalue weighted by molar-refractivity contribution is 0.0937. The van der Waals surface area contributed by atoms with Gasteiger partial charge in [0.05, 0.1) is 6.04 Å². The molecule has 1 aliphatic heterocycles. The summed E-state index contributed by atoms with van der Waals surface area (Å²) in [7, 11) is 0. The zero-order valence-electron chi connectivity index (χ0n) is 19.8. The first kappa shape index (κ1) is 25.3. The van der Waals surface area contributed by atoms with Gasteiger partial charge in [0.15, 0.2) is 0 Å². The molecule has 3 aromatic rings. The lowest BCUT2D eigenvalue weighted by Crippen LogP contribution is -2.30. The van der Waals surface area contributed by atoms with Crippen molar-refractivity contribution in [2.45, 2.75) is 19.4 Å². The van der Waals surface area contributed by atoms with Gasteiger partial charge in [0, 0.05) is 35.8 Å². The summed E-state index contributed by atoms with van der Waals surface area (Å²) in [5.41, 5.74) is 1.89. The maximum Gasteiger partial charge on any atom is 0.270 e. The Morgan fingerprint density at radius 2 is 1.92 bits per heavy atom. The number of rotatable bonds is 6. The van der Waals surface area contributed by atoms with E-state index in [1.54, 1.807) is 19.1 Å². The number of phenols is 1. The molecule has 1 unspecified atom stereocenters. The first-order valence-electron chi connectivity index (χ1n) is 11.7. The van der Waals surface area contributed by atoms with E-state index in [4.69, 9.17) is 0 Å². The predicted molar refractivity (Wildman–Crippen MR) is 130 cm³/mol. The average molecular weight is 494 g/mol. The number of aromatic hydroxyl groups is 1. The number of carbonyl (C=O) groups excluding carboxylic acids is 1. The Morgan fingerprint density at radius 3 is 2.67 bits per heavy atom. The molecular weight excluding hydrogens is 467 g/mol. The van der Waals surface area contributed by atoms with Crippen LogP contribution < -0.4 is 5.32 Å². The molecule has 2 atom stereocenters. The van der Waals surface area contributed by atoms with Gasteiger partial charge in [-0.05, 0) is 67.9 Å². The summed E-state index contributed by atoms with van der Waals surface area (Å²) in [4.78, 5) is 19.6. The van der Waals surface area contributed by atoms with E-state index in [0.29, 0.717) is 29.9 Å². The molecule has 0 radical (unpaired) electrons. The Morgan fingerprint density at radius 1 is 1.17 bits per heavy atom. The molecule has 0 aliphatic carbocycles. The number of benzene rings is 2. The highest BCUT2D eigenvalue weighted by atomic mass is 19.1. The maximum atomic E-state index is 14.0. The van der Waals surface area contributed by atoms with Gasteiger partial charge in [0.2, 0.25) is 0 Å². The average Bonchev–Trinajstić information content (AvgIpc) is 3.31. The number of likely N-dealkylation sites (tertiary alicyclic amines) is 1. The quantitative estimate of drug-likeness (QED) is 0.495. The number of aryl methyl sites for hydroxylation is 1. The Hall–Kier alpha value is -3.83. The van der Waals surface area contributed by atoms with Crippen molar-refractivity contribution in [2.24, 2.45) is 5.92 Å². The summed E-state index contributed by atoms with van der Waals surface area (Å²) < 4.78 is 40.1. The van der Waals surface area contributed by atoms with E-state index < -0.39 is 23.6 Å². The van der Waals surface area contributed by atoms with Gasteiger partial charge < -0.3 is 10.4 Å². The van der Waals surface area contributed by atoms with E-state index in [2.05, 4.69) is 22.1 Å². The van der Waals surface area contributed by atoms with Gasteiger partial charge in [0.1, 0.15) is 29.8 Å². The number of hydrogen-bond donors (Lipinski definition) is 2. The second-order valence-electron chi connectivity index (χ2n) is 8.79. The predicted octanol–water partition coefficient (Wildman–Crippen LogP) is 4.54. The van der Waals surface area contributed by atoms with Crippen LogP contribution in [-0.2, 0) is 0 Å². The molecule has 0 bridgehead atoms. The molecule has 2 aromatic carbocycles. The largest absolute Gasteiger partial charge is 0.508 e. The number of amides is 1. The normalized spacial score (nSPS) is 16.3. The molecule has 1 amide bonds. The highest BCUT2D eigenvalue weighted by Crippen LogP contribution is 2.30. The smallest absolute Gasteiger partial charge is 0.270 e. The molecule has 2 N–H and O–H groups in total. The minimum atomic E-state index is -0.953. The van der Waals surface area contributed by atoms with Gasteiger partial charge in [-0.15, -0.1) is 0 Å². The van der Waals surface area contributed by atoms with E-state index in [9.17, 15) is 23.1 Å². The molecule has 1 aromatic heterocycles. The third kappa shape index (κ3) is 6.23. The van der Waals surface area contributed by atoms with Gasteiger partial charge in [0.25, 0.3) is 5.91 Å². The number of nitrogens with zero attached hydrogens (tertiary/aromatic N) is 2. The molecule has 1 saturated heterocycles. The summed E-state index contributed by atoms with van der Waals surface area (Å²) >= 11 is 0. The Bertz CT molecular complexity index is 1300. The summed E-state index contributed by atoms with van der Waals surface area (Å²) in [5.74, 6) is 4.60. The Kier molecular flexibility index (Phi) is 7.91. The van der Waals surface area contributed by atoms with Crippen LogP contribution >= 0.6 is 0 Å². The van der Waals surface area contributed by atoms with Crippen LogP contribution in [0, 0.1) is 36.3 Å². The number of phenolic OH excluding ortho intramolecular Hbond substituents is 1. The number of hydrogen-bond acceptors (Lipinski definition) is 4. The lowest BCUT2D eigenvalue weighted by atomic mass is 9.97. The van der Waals surface area contributed by atoms with Gasteiger partial charge >= 0.3 is 0 Å². The third-order valence-electron chi connectivity index (χ3n) is 6.06. The molecular formula is C28H26F3N3O2. The van der Waals surface area contributed by atoms with Crippen LogP contribution in [0.4, 0.5) is 13.2 Å². The number of aromatic nitrogens is 1. The zero-order chi connectivity index (χ0) is 25.7. The van der Waals surface area contributed by atoms with E-state index in [1.807, 2.05) is 4.90 Å². The van der Waals surface area contributed by atoms with Gasteiger partial charge in [-0.1, -0.05) is 24.0 Å². The lowest BCUT2D eigenvalue weighted by Gasteiger charge is -2.21. The summed E-state index contributed by atoms with van der Waals surface area (Å²) in [6, 6.07) is 11.2. The summed E-state index contributed by atoms with van der Waals surface area (Å²) in [5, 5.41) is 13.2. The summed E-state index contributed by atoms with van der Waals surface area (Å²) in [6.07, 6.45) is 0.862. The zero-order valence-corrected chi connectivity index (χ0v) is 19.8. The van der Waals surface area contributed by atoms with Crippen molar-refractivity contribution >= 4 is 5.91 Å². The van der Waals surface area contributed by atoms with Crippen molar-refractivity contribution in [1.82, 2.24) is 15.2 Å². The van der Waals surface area contributed by atoms with Crippen molar-refractivity contribution in [2.75, 3.05) is 26.3 Å². The SMILES string of the molecule is Cc1cc(C#C[C@H]2CCN(CCF)C2)cc(C(=O)NC(c2ccc(F)cc2)c2cc(F)ccc2O)n1. The van der Waals surface area contributed by atoms with Crippen molar-refractivity contribution in [3.05, 3.63) is 94.3 Å². The monoisotopic (exact) mass is 493 g/mol. The van der Waals surface area contributed by atoms with Crippen LogP contribution in [0.15, 0.2) is 54.6 Å². The topological polar surface area (TPSA) is 65.5 Å². The molecule has 1 fully saturated rings. The van der Waals surface area contributed by atoms with Crippen molar-refractivity contribution in [3.63, 3.8) is 0 Å². The fourth-order valence-corrected chi connectivity index (χ4v) is 4.27. The Balaban J connectivity index is 1.59.